The van der Waals surface area contributed by atoms with Crippen molar-refractivity contribution in [2.75, 3.05) is 13.2 Å². The molecule has 5 nitrogen and oxygen atoms in total. The molecule has 0 aliphatic heterocycles. The second-order valence-electron chi connectivity index (χ2n) is 12.9. The molecule has 0 heterocycles. The molecule has 8 atom stereocenters. The minimum absolute atomic E-state index is 0.0288. The Morgan fingerprint density at radius 1 is 0.892 bits per heavy atom. The summed E-state index contributed by atoms with van der Waals surface area (Å²) in [6.45, 7) is 8.22. The first kappa shape index (κ1) is 26.7. The molecule has 0 amide bonds. The Labute approximate surface area is 223 Å². The van der Waals surface area contributed by atoms with Gasteiger partial charge < -0.3 is 14.2 Å². The normalized spacial score (nSPS) is 38.7. The first-order valence-corrected chi connectivity index (χ1v) is 14.8. The van der Waals surface area contributed by atoms with E-state index in [-0.39, 0.29) is 17.4 Å². The Morgan fingerprint density at radius 3 is 2.43 bits per heavy atom. The molecule has 37 heavy (non-hydrogen) atoms. The fourth-order valence-corrected chi connectivity index (χ4v) is 9.24. The molecule has 0 saturated heterocycles. The Balaban J connectivity index is 1.06. The third-order valence-corrected chi connectivity index (χ3v) is 11.1. The summed E-state index contributed by atoms with van der Waals surface area (Å²) in [5.74, 6) is 3.51. The van der Waals surface area contributed by atoms with Gasteiger partial charge in [-0.25, -0.2) is 4.79 Å². The lowest BCUT2D eigenvalue weighted by molar-refractivity contribution is -0.140. The van der Waals surface area contributed by atoms with Crippen molar-refractivity contribution in [2.45, 2.75) is 97.7 Å². The summed E-state index contributed by atoms with van der Waals surface area (Å²) in [4.78, 5) is 24.8. The van der Waals surface area contributed by atoms with Crippen LogP contribution in [0.15, 0.2) is 30.3 Å². The molecule has 4 aliphatic rings. The van der Waals surface area contributed by atoms with Crippen molar-refractivity contribution < 1.29 is 23.8 Å². The van der Waals surface area contributed by atoms with E-state index in [1.807, 2.05) is 37.3 Å². The minimum atomic E-state index is -0.528. The average Bonchev–Trinajstić information content (AvgIpc) is 3.24. The predicted octanol–water partition coefficient (Wildman–Crippen LogP) is 7.36. The molecule has 1 aromatic rings. The third-order valence-electron chi connectivity index (χ3n) is 11.1. The molecule has 4 fully saturated rings. The van der Waals surface area contributed by atoms with Crippen molar-refractivity contribution in [3.63, 3.8) is 0 Å². The Kier molecular flexibility index (Phi) is 8.00. The van der Waals surface area contributed by atoms with E-state index in [1.165, 1.54) is 32.1 Å². The van der Waals surface area contributed by atoms with Crippen molar-refractivity contribution >= 4 is 11.9 Å². The van der Waals surface area contributed by atoms with Gasteiger partial charge in [0.15, 0.2) is 0 Å². The lowest BCUT2D eigenvalue weighted by atomic mass is 9.44. The molecule has 0 spiro atoms. The van der Waals surface area contributed by atoms with Crippen LogP contribution in [-0.4, -0.2) is 31.3 Å². The lowest BCUT2D eigenvalue weighted by Gasteiger charge is -2.61. The maximum Gasteiger partial charge on any atom is 0.508 e. The highest BCUT2D eigenvalue weighted by Crippen LogP contribution is 2.67. The fraction of sp³-hybridized carbons (Fsp3) is 0.750. The van der Waals surface area contributed by atoms with Crippen LogP contribution in [0.4, 0.5) is 4.79 Å². The molecule has 4 saturated carbocycles. The first-order valence-electron chi connectivity index (χ1n) is 14.8. The molecule has 204 valence electrons. The van der Waals surface area contributed by atoms with Gasteiger partial charge in [-0.15, -0.1) is 0 Å². The van der Waals surface area contributed by atoms with E-state index < -0.39 is 6.16 Å². The summed E-state index contributed by atoms with van der Waals surface area (Å²) in [7, 11) is 0. The second-order valence-corrected chi connectivity index (χ2v) is 12.9. The first-order chi connectivity index (χ1) is 17.8. The maximum absolute atomic E-state index is 12.4. The van der Waals surface area contributed by atoms with Gasteiger partial charge in [-0.2, -0.15) is 0 Å². The van der Waals surface area contributed by atoms with Crippen molar-refractivity contribution in [3.8, 4) is 0 Å². The maximum atomic E-state index is 12.4. The van der Waals surface area contributed by atoms with E-state index in [9.17, 15) is 9.59 Å². The van der Waals surface area contributed by atoms with E-state index in [0.29, 0.717) is 49.3 Å². The van der Waals surface area contributed by atoms with Gasteiger partial charge in [0.05, 0.1) is 19.8 Å². The van der Waals surface area contributed by atoms with Crippen LogP contribution in [0.5, 0.6) is 0 Å². The second kappa shape index (κ2) is 11.1. The third kappa shape index (κ3) is 5.35. The number of hydrogen-bond acceptors (Lipinski definition) is 5. The zero-order valence-corrected chi connectivity index (χ0v) is 23.1. The number of ketones is 1. The van der Waals surface area contributed by atoms with Crippen LogP contribution in [0.3, 0.4) is 0 Å². The fourth-order valence-electron chi connectivity index (χ4n) is 9.24. The van der Waals surface area contributed by atoms with E-state index in [0.717, 1.165) is 43.1 Å². The van der Waals surface area contributed by atoms with E-state index in [4.69, 9.17) is 14.2 Å². The Hall–Kier alpha value is -1.88. The SMILES string of the molecule is CC(=O)[C@H]1CC[C@H]2[C@@H]3CC[C@H]4C[C@H](OC(=O)OCCCOCc5ccccc5)CC[C@]4(C)[C@H]3CC[C@]12C. The molecule has 5 heteroatoms. The van der Waals surface area contributed by atoms with Crippen molar-refractivity contribution in [1.82, 2.24) is 0 Å². The topological polar surface area (TPSA) is 61.8 Å². The molecule has 0 radical (unpaired) electrons. The van der Waals surface area contributed by atoms with Gasteiger partial charge in [-0.1, -0.05) is 44.2 Å². The van der Waals surface area contributed by atoms with E-state index >= 15 is 0 Å². The summed E-state index contributed by atoms with van der Waals surface area (Å²) < 4.78 is 16.8. The number of carbonyl (C=O) groups excluding carboxylic acids is 2. The van der Waals surface area contributed by atoms with Gasteiger partial charge in [0.2, 0.25) is 0 Å². The Morgan fingerprint density at radius 2 is 1.65 bits per heavy atom. The van der Waals surface area contributed by atoms with Crippen LogP contribution in [0, 0.1) is 40.4 Å². The molecular formula is C32H46O5. The van der Waals surface area contributed by atoms with Crippen LogP contribution >= 0.6 is 0 Å². The molecule has 4 aliphatic carbocycles. The van der Waals surface area contributed by atoms with Crippen LogP contribution < -0.4 is 0 Å². The van der Waals surface area contributed by atoms with Gasteiger partial charge in [-0.05, 0) is 105 Å². The highest BCUT2D eigenvalue weighted by Gasteiger charge is 2.61. The summed E-state index contributed by atoms with van der Waals surface area (Å²) in [5, 5.41) is 0. The highest BCUT2D eigenvalue weighted by molar-refractivity contribution is 5.79. The van der Waals surface area contributed by atoms with E-state index in [1.54, 1.807) is 0 Å². The Bertz CT molecular complexity index is 946. The van der Waals surface area contributed by atoms with Gasteiger partial charge in [0.1, 0.15) is 11.9 Å². The average molecular weight is 511 g/mol. The summed E-state index contributed by atoms with van der Waals surface area (Å²) in [6.07, 6.45) is 10.4. The monoisotopic (exact) mass is 510 g/mol. The number of carbonyl (C=O) groups is 2. The zero-order valence-electron chi connectivity index (χ0n) is 23.1. The summed E-state index contributed by atoms with van der Waals surface area (Å²) >= 11 is 0. The van der Waals surface area contributed by atoms with Crippen LogP contribution in [-0.2, 0) is 25.6 Å². The highest BCUT2D eigenvalue weighted by atomic mass is 16.7. The number of rotatable bonds is 8. The minimum Gasteiger partial charge on any atom is -0.434 e. The molecule has 0 N–H and O–H groups in total. The quantitative estimate of drug-likeness (QED) is 0.270. The largest absolute Gasteiger partial charge is 0.508 e. The van der Waals surface area contributed by atoms with Crippen LogP contribution in [0.1, 0.15) is 90.5 Å². The number of fused-ring (bicyclic) bond motifs is 5. The molecule has 0 aromatic heterocycles. The van der Waals surface area contributed by atoms with Gasteiger partial charge >= 0.3 is 6.16 Å². The van der Waals surface area contributed by atoms with Gasteiger partial charge in [0, 0.05) is 12.3 Å². The zero-order chi connectivity index (χ0) is 26.0. The van der Waals surface area contributed by atoms with Gasteiger partial charge in [0.25, 0.3) is 0 Å². The smallest absolute Gasteiger partial charge is 0.434 e. The molecule has 5 rings (SSSR count). The van der Waals surface area contributed by atoms with Crippen molar-refractivity contribution in [1.29, 1.82) is 0 Å². The molecule has 0 unspecified atom stereocenters. The van der Waals surface area contributed by atoms with E-state index in [2.05, 4.69) is 13.8 Å². The molecular weight excluding hydrogens is 464 g/mol. The standard InChI is InChI=1S/C32H46O5/c1-22(33)27-12-13-28-26-11-10-24-20-25(14-16-31(24,2)29(26)15-17-32(27,28)3)37-30(34)36-19-7-18-35-21-23-8-5-4-6-9-23/h4-6,8-9,24-29H,7,10-21H2,1-3H3/t24-,25+,26-,27+,28-,29-,31-,32+/m0/s1. The molecule has 0 bridgehead atoms. The summed E-state index contributed by atoms with van der Waals surface area (Å²) in [5.41, 5.74) is 1.69. The van der Waals surface area contributed by atoms with Crippen molar-refractivity contribution in [3.05, 3.63) is 35.9 Å². The van der Waals surface area contributed by atoms with Gasteiger partial charge in [-0.3, -0.25) is 4.79 Å². The van der Waals surface area contributed by atoms with Crippen LogP contribution in [0.2, 0.25) is 0 Å². The number of Topliss-reactive ketones (excluding diaryl/α,β-unsaturated/α-hetero) is 1. The van der Waals surface area contributed by atoms with Crippen LogP contribution in [0.25, 0.3) is 0 Å². The number of hydrogen-bond donors (Lipinski definition) is 0. The number of benzene rings is 1. The molecule has 1 aromatic carbocycles. The predicted molar refractivity (Wildman–Crippen MR) is 143 cm³/mol. The van der Waals surface area contributed by atoms with Crippen molar-refractivity contribution in [2.24, 2.45) is 40.4 Å². The number of ether oxygens (including phenoxy) is 3. The lowest BCUT2D eigenvalue weighted by Crippen LogP contribution is -2.54. The summed E-state index contributed by atoms with van der Waals surface area (Å²) in [6, 6.07) is 10.1.